The third kappa shape index (κ3) is 3.58. The molecule has 1 spiro atoms. The van der Waals surface area contributed by atoms with Gasteiger partial charge in [0, 0.05) is 0 Å². The highest BCUT2D eigenvalue weighted by molar-refractivity contribution is 5.67. The fraction of sp³-hybridized carbons (Fsp3) is 0.562. The van der Waals surface area contributed by atoms with Crippen LogP contribution in [0, 0.1) is 0 Å². The van der Waals surface area contributed by atoms with Gasteiger partial charge >= 0.3 is 6.09 Å². The molecule has 1 amide bonds. The van der Waals surface area contributed by atoms with E-state index in [9.17, 15) is 4.79 Å². The van der Waals surface area contributed by atoms with Gasteiger partial charge in [0.25, 0.3) is 0 Å². The highest BCUT2D eigenvalue weighted by Gasteiger charge is 2.45. The predicted octanol–water partition coefficient (Wildman–Crippen LogP) is 1.76. The maximum absolute atomic E-state index is 12.1. The van der Waals surface area contributed by atoms with Crippen molar-refractivity contribution in [2.45, 2.75) is 37.5 Å². The lowest BCUT2D eigenvalue weighted by Crippen LogP contribution is -2.60. The van der Waals surface area contributed by atoms with Gasteiger partial charge in [-0.15, -0.1) is 0 Å². The van der Waals surface area contributed by atoms with Gasteiger partial charge in [-0.2, -0.15) is 0 Å². The molecule has 0 aliphatic carbocycles. The summed E-state index contributed by atoms with van der Waals surface area (Å²) < 4.78 is 5.30. The van der Waals surface area contributed by atoms with Crippen molar-refractivity contribution < 1.29 is 19.3 Å². The number of hydrogen-bond acceptors (Lipinski definition) is 5. The largest absolute Gasteiger partial charge is 0.445 e. The van der Waals surface area contributed by atoms with E-state index in [1.807, 2.05) is 30.3 Å². The molecule has 0 saturated carbocycles. The van der Waals surface area contributed by atoms with Crippen LogP contribution in [0.5, 0.6) is 0 Å². The lowest BCUT2D eigenvalue weighted by Gasteiger charge is -2.44. The first-order valence-electron chi connectivity index (χ1n) is 7.77. The van der Waals surface area contributed by atoms with Gasteiger partial charge in [-0.25, -0.2) is 14.6 Å². The highest BCUT2D eigenvalue weighted by Crippen LogP contribution is 2.32. The molecule has 0 bridgehead atoms. The van der Waals surface area contributed by atoms with Gasteiger partial charge in [0.2, 0.25) is 0 Å². The number of carbonyl (C=O) groups excluding carboxylic acids is 1. The molecule has 2 aliphatic heterocycles. The second-order valence-corrected chi connectivity index (χ2v) is 5.77. The van der Waals surface area contributed by atoms with Gasteiger partial charge < -0.3 is 15.4 Å². The number of carbonyl (C=O) groups is 1. The van der Waals surface area contributed by atoms with Crippen molar-refractivity contribution in [1.29, 1.82) is 0 Å². The zero-order valence-corrected chi connectivity index (χ0v) is 12.5. The summed E-state index contributed by atoms with van der Waals surface area (Å²) in [5, 5.41) is 6.25. The van der Waals surface area contributed by atoms with Crippen LogP contribution in [-0.4, -0.2) is 37.4 Å². The van der Waals surface area contributed by atoms with Gasteiger partial charge in [0.15, 0.2) is 0 Å². The first kappa shape index (κ1) is 15.3. The van der Waals surface area contributed by atoms with E-state index in [4.69, 9.17) is 14.5 Å². The van der Waals surface area contributed by atoms with Crippen molar-refractivity contribution in [3.8, 4) is 0 Å². The molecule has 0 aromatic heterocycles. The Morgan fingerprint density at radius 2 is 2.09 bits per heavy atom. The Kier molecular flexibility index (Phi) is 4.92. The average Bonchev–Trinajstić information content (AvgIpc) is 2.57. The Morgan fingerprint density at radius 3 is 2.86 bits per heavy atom. The lowest BCUT2D eigenvalue weighted by molar-refractivity contribution is -0.394. The van der Waals surface area contributed by atoms with Gasteiger partial charge in [0.05, 0.1) is 12.6 Å². The molecular formula is C16H22N2O4. The van der Waals surface area contributed by atoms with Crippen LogP contribution in [0.25, 0.3) is 0 Å². The molecule has 2 aliphatic rings. The molecule has 3 rings (SSSR count). The number of amides is 1. The van der Waals surface area contributed by atoms with E-state index >= 15 is 0 Å². The fourth-order valence-corrected chi connectivity index (χ4v) is 3.04. The SMILES string of the molecule is O=C(NC1CCOOC12CCNCC2)OCc1ccccc1. The van der Waals surface area contributed by atoms with Crippen molar-refractivity contribution in [2.75, 3.05) is 19.7 Å². The van der Waals surface area contributed by atoms with Crippen molar-refractivity contribution in [2.24, 2.45) is 0 Å². The van der Waals surface area contributed by atoms with Crippen LogP contribution in [0.2, 0.25) is 0 Å². The summed E-state index contributed by atoms with van der Waals surface area (Å²) in [5.74, 6) is 0. The summed E-state index contributed by atoms with van der Waals surface area (Å²) in [6.07, 6.45) is 1.96. The quantitative estimate of drug-likeness (QED) is 0.833. The van der Waals surface area contributed by atoms with Crippen LogP contribution < -0.4 is 10.6 Å². The molecule has 2 N–H and O–H groups in total. The van der Waals surface area contributed by atoms with E-state index in [2.05, 4.69) is 10.6 Å². The van der Waals surface area contributed by atoms with Crippen LogP contribution in [-0.2, 0) is 21.1 Å². The predicted molar refractivity (Wildman–Crippen MR) is 80.0 cm³/mol. The molecule has 2 fully saturated rings. The molecule has 120 valence electrons. The molecule has 1 aromatic carbocycles. The number of piperidine rings is 1. The number of nitrogens with one attached hydrogen (secondary N) is 2. The maximum atomic E-state index is 12.1. The third-order valence-corrected chi connectivity index (χ3v) is 4.30. The minimum absolute atomic E-state index is 0.0772. The minimum atomic E-state index is -0.435. The minimum Gasteiger partial charge on any atom is -0.445 e. The van der Waals surface area contributed by atoms with Gasteiger partial charge in [0.1, 0.15) is 12.2 Å². The Balaban J connectivity index is 1.55. The first-order chi connectivity index (χ1) is 10.8. The normalized spacial score (nSPS) is 23.9. The summed E-state index contributed by atoms with van der Waals surface area (Å²) in [5.41, 5.74) is 0.535. The number of rotatable bonds is 3. The molecule has 1 atom stereocenters. The lowest BCUT2D eigenvalue weighted by atomic mass is 9.83. The van der Waals surface area contributed by atoms with E-state index in [0.717, 1.165) is 37.9 Å². The van der Waals surface area contributed by atoms with E-state index in [-0.39, 0.29) is 12.6 Å². The zero-order valence-electron chi connectivity index (χ0n) is 12.5. The Labute approximate surface area is 130 Å². The van der Waals surface area contributed by atoms with Crippen molar-refractivity contribution in [3.63, 3.8) is 0 Å². The molecule has 1 unspecified atom stereocenters. The van der Waals surface area contributed by atoms with E-state index in [1.165, 1.54) is 0 Å². The standard InChI is InChI=1S/C16H22N2O4/c19-15(20-12-13-4-2-1-3-5-13)18-14-6-11-21-22-16(14)7-9-17-10-8-16/h1-5,14,17H,6-12H2,(H,18,19). The van der Waals surface area contributed by atoms with Gasteiger partial charge in [-0.05, 0) is 37.9 Å². The first-order valence-corrected chi connectivity index (χ1v) is 7.77. The molecule has 2 heterocycles. The van der Waals surface area contributed by atoms with Gasteiger partial charge in [-0.1, -0.05) is 30.3 Å². The fourth-order valence-electron chi connectivity index (χ4n) is 3.04. The number of hydrogen-bond donors (Lipinski definition) is 2. The third-order valence-electron chi connectivity index (χ3n) is 4.30. The van der Waals surface area contributed by atoms with Crippen molar-refractivity contribution >= 4 is 6.09 Å². The summed E-state index contributed by atoms with van der Waals surface area (Å²) in [6, 6.07) is 9.56. The molecule has 2 saturated heterocycles. The van der Waals surface area contributed by atoms with Crippen LogP contribution in [0.4, 0.5) is 4.79 Å². The molecule has 1 aromatic rings. The molecule has 6 nitrogen and oxygen atoms in total. The zero-order chi connectivity index (χ0) is 15.3. The number of ether oxygens (including phenoxy) is 1. The van der Waals surface area contributed by atoms with Crippen LogP contribution in [0.1, 0.15) is 24.8 Å². The van der Waals surface area contributed by atoms with E-state index in [1.54, 1.807) is 0 Å². The second kappa shape index (κ2) is 7.09. The highest BCUT2D eigenvalue weighted by atomic mass is 17.2. The van der Waals surface area contributed by atoms with Gasteiger partial charge in [-0.3, -0.25) is 0 Å². The molecular weight excluding hydrogens is 284 g/mol. The second-order valence-electron chi connectivity index (χ2n) is 5.77. The summed E-state index contributed by atoms with van der Waals surface area (Å²) in [4.78, 5) is 22.8. The Bertz CT molecular complexity index is 480. The van der Waals surface area contributed by atoms with Crippen LogP contribution >= 0.6 is 0 Å². The Hall–Kier alpha value is -1.63. The summed E-state index contributed by atoms with van der Waals surface area (Å²) in [7, 11) is 0. The molecule has 22 heavy (non-hydrogen) atoms. The van der Waals surface area contributed by atoms with Crippen molar-refractivity contribution in [3.05, 3.63) is 35.9 Å². The summed E-state index contributed by atoms with van der Waals surface area (Å²) in [6.45, 7) is 2.48. The van der Waals surface area contributed by atoms with Crippen LogP contribution in [0.15, 0.2) is 30.3 Å². The van der Waals surface area contributed by atoms with E-state index in [0.29, 0.717) is 6.61 Å². The van der Waals surface area contributed by atoms with Crippen molar-refractivity contribution in [1.82, 2.24) is 10.6 Å². The van der Waals surface area contributed by atoms with E-state index < -0.39 is 11.7 Å². The average molecular weight is 306 g/mol. The smallest absolute Gasteiger partial charge is 0.407 e. The summed E-state index contributed by atoms with van der Waals surface area (Å²) >= 11 is 0. The number of alkyl carbamates (subject to hydrolysis) is 1. The molecule has 0 radical (unpaired) electrons. The monoisotopic (exact) mass is 306 g/mol. The van der Waals surface area contributed by atoms with Crippen LogP contribution in [0.3, 0.4) is 0 Å². The topological polar surface area (TPSA) is 68.8 Å². The maximum Gasteiger partial charge on any atom is 0.407 e. The Morgan fingerprint density at radius 1 is 1.32 bits per heavy atom. The molecule has 6 heteroatoms. The number of benzene rings is 1.